The SMILES string of the molecule is C=C(C)c1nonc1C(=O)Nc1ccccc1. The molecule has 0 saturated carbocycles. The Morgan fingerprint density at radius 1 is 1.24 bits per heavy atom. The quantitative estimate of drug-likeness (QED) is 0.877. The van der Waals surface area contributed by atoms with Crippen LogP contribution in [0.2, 0.25) is 0 Å². The Balaban J connectivity index is 2.21. The molecule has 0 aliphatic rings. The maximum absolute atomic E-state index is 11.9. The molecule has 2 aromatic rings. The molecule has 86 valence electrons. The highest BCUT2D eigenvalue weighted by Crippen LogP contribution is 2.14. The fourth-order valence-corrected chi connectivity index (χ4v) is 1.33. The van der Waals surface area contributed by atoms with Crippen LogP contribution in [0.4, 0.5) is 5.69 Å². The van der Waals surface area contributed by atoms with E-state index in [0.717, 1.165) is 0 Å². The van der Waals surface area contributed by atoms with E-state index in [0.29, 0.717) is 17.0 Å². The van der Waals surface area contributed by atoms with Crippen LogP contribution in [0.15, 0.2) is 41.5 Å². The van der Waals surface area contributed by atoms with Crippen molar-refractivity contribution >= 4 is 17.2 Å². The van der Waals surface area contributed by atoms with E-state index in [-0.39, 0.29) is 11.6 Å². The first kappa shape index (κ1) is 11.1. The van der Waals surface area contributed by atoms with Crippen LogP contribution in [-0.4, -0.2) is 16.2 Å². The topological polar surface area (TPSA) is 68.0 Å². The highest BCUT2D eigenvalue weighted by Gasteiger charge is 2.18. The number of carbonyl (C=O) groups excluding carboxylic acids is 1. The number of hydrogen-bond acceptors (Lipinski definition) is 4. The summed E-state index contributed by atoms with van der Waals surface area (Å²) in [4.78, 5) is 11.9. The number of nitrogens with zero attached hydrogens (tertiary/aromatic N) is 2. The summed E-state index contributed by atoms with van der Waals surface area (Å²) >= 11 is 0. The van der Waals surface area contributed by atoms with E-state index in [1.54, 1.807) is 19.1 Å². The lowest BCUT2D eigenvalue weighted by molar-refractivity contribution is 0.101. The van der Waals surface area contributed by atoms with Crippen LogP contribution in [-0.2, 0) is 0 Å². The van der Waals surface area contributed by atoms with Gasteiger partial charge in [-0.3, -0.25) is 4.79 Å². The lowest BCUT2D eigenvalue weighted by Gasteiger charge is -2.02. The molecule has 0 bridgehead atoms. The van der Waals surface area contributed by atoms with Crippen LogP contribution in [0.5, 0.6) is 0 Å². The summed E-state index contributed by atoms with van der Waals surface area (Å²) < 4.78 is 4.54. The van der Waals surface area contributed by atoms with Crippen molar-refractivity contribution in [3.63, 3.8) is 0 Å². The summed E-state index contributed by atoms with van der Waals surface area (Å²) in [6, 6.07) is 9.09. The summed E-state index contributed by atoms with van der Waals surface area (Å²) in [7, 11) is 0. The van der Waals surface area contributed by atoms with E-state index < -0.39 is 0 Å². The second-order valence-corrected chi connectivity index (χ2v) is 3.56. The van der Waals surface area contributed by atoms with Crippen molar-refractivity contribution in [2.75, 3.05) is 5.32 Å². The third-order valence-electron chi connectivity index (χ3n) is 2.14. The van der Waals surface area contributed by atoms with E-state index in [4.69, 9.17) is 0 Å². The lowest BCUT2D eigenvalue weighted by atomic mass is 10.2. The Bertz CT molecular complexity index is 546. The molecule has 17 heavy (non-hydrogen) atoms. The van der Waals surface area contributed by atoms with Crippen molar-refractivity contribution in [1.82, 2.24) is 10.3 Å². The predicted molar refractivity (Wildman–Crippen MR) is 63.4 cm³/mol. The number of nitrogens with one attached hydrogen (secondary N) is 1. The second-order valence-electron chi connectivity index (χ2n) is 3.56. The van der Waals surface area contributed by atoms with E-state index >= 15 is 0 Å². The first-order valence-electron chi connectivity index (χ1n) is 5.03. The minimum absolute atomic E-state index is 0.140. The zero-order valence-electron chi connectivity index (χ0n) is 9.30. The second kappa shape index (κ2) is 4.61. The number of amides is 1. The highest BCUT2D eigenvalue weighted by molar-refractivity contribution is 6.05. The van der Waals surface area contributed by atoms with Gasteiger partial charge in [0.15, 0.2) is 5.69 Å². The molecule has 1 amide bonds. The van der Waals surface area contributed by atoms with Crippen LogP contribution < -0.4 is 5.32 Å². The Morgan fingerprint density at radius 3 is 2.53 bits per heavy atom. The Morgan fingerprint density at radius 2 is 1.88 bits per heavy atom. The number of anilines is 1. The zero-order chi connectivity index (χ0) is 12.3. The van der Waals surface area contributed by atoms with Crippen LogP contribution >= 0.6 is 0 Å². The molecule has 0 unspecified atom stereocenters. The number of rotatable bonds is 3. The van der Waals surface area contributed by atoms with E-state index in [9.17, 15) is 4.79 Å². The smallest absolute Gasteiger partial charge is 0.280 e. The molecular formula is C12H11N3O2. The molecule has 0 aliphatic carbocycles. The van der Waals surface area contributed by atoms with Crippen LogP contribution in [0.25, 0.3) is 5.57 Å². The van der Waals surface area contributed by atoms with Gasteiger partial charge in [-0.2, -0.15) is 0 Å². The van der Waals surface area contributed by atoms with E-state index in [1.165, 1.54) is 0 Å². The molecule has 0 fully saturated rings. The summed E-state index contributed by atoms with van der Waals surface area (Å²) in [6.07, 6.45) is 0. The molecule has 1 aromatic carbocycles. The molecule has 1 N–H and O–H groups in total. The fourth-order valence-electron chi connectivity index (χ4n) is 1.33. The van der Waals surface area contributed by atoms with Crippen molar-refractivity contribution in [2.45, 2.75) is 6.92 Å². The van der Waals surface area contributed by atoms with Gasteiger partial charge in [-0.1, -0.05) is 24.8 Å². The minimum Gasteiger partial charge on any atom is -0.320 e. The van der Waals surface area contributed by atoms with Crippen molar-refractivity contribution in [1.29, 1.82) is 0 Å². The van der Waals surface area contributed by atoms with E-state index in [2.05, 4.69) is 26.8 Å². The first-order valence-corrected chi connectivity index (χ1v) is 5.03. The van der Waals surface area contributed by atoms with Gasteiger partial charge in [-0.15, -0.1) is 0 Å². The molecular weight excluding hydrogens is 218 g/mol. The van der Waals surface area contributed by atoms with Crippen LogP contribution in [0.3, 0.4) is 0 Å². The maximum atomic E-state index is 11.9. The highest BCUT2D eigenvalue weighted by atomic mass is 16.6. The molecule has 0 saturated heterocycles. The molecule has 5 heteroatoms. The first-order chi connectivity index (χ1) is 8.18. The Hall–Kier alpha value is -2.43. The van der Waals surface area contributed by atoms with Crippen molar-refractivity contribution in [2.24, 2.45) is 0 Å². The van der Waals surface area contributed by atoms with Gasteiger partial charge < -0.3 is 5.32 Å². The number of carbonyl (C=O) groups is 1. The molecule has 2 rings (SSSR count). The number of aromatic nitrogens is 2. The molecule has 0 spiro atoms. The van der Waals surface area contributed by atoms with Gasteiger partial charge in [0.25, 0.3) is 5.91 Å². The van der Waals surface area contributed by atoms with Gasteiger partial charge in [0.05, 0.1) is 0 Å². The lowest BCUT2D eigenvalue weighted by Crippen LogP contribution is -2.14. The average Bonchev–Trinajstić information content (AvgIpc) is 2.79. The molecule has 0 atom stereocenters. The fraction of sp³-hybridized carbons (Fsp3) is 0.0833. The number of para-hydroxylation sites is 1. The molecule has 5 nitrogen and oxygen atoms in total. The monoisotopic (exact) mass is 229 g/mol. The molecule has 1 aromatic heterocycles. The molecule has 1 heterocycles. The normalized spacial score (nSPS) is 9.94. The average molecular weight is 229 g/mol. The summed E-state index contributed by atoms with van der Waals surface area (Å²) in [5.74, 6) is -0.365. The van der Waals surface area contributed by atoms with Crippen molar-refractivity contribution in [3.8, 4) is 0 Å². The summed E-state index contributed by atoms with van der Waals surface area (Å²) in [5, 5.41) is 9.90. The van der Waals surface area contributed by atoms with Gasteiger partial charge in [0, 0.05) is 5.69 Å². The van der Waals surface area contributed by atoms with Gasteiger partial charge in [-0.05, 0) is 34.9 Å². The number of allylic oxidation sites excluding steroid dienone is 1. The van der Waals surface area contributed by atoms with Crippen LogP contribution in [0.1, 0.15) is 23.1 Å². The predicted octanol–water partition coefficient (Wildman–Crippen LogP) is 2.36. The van der Waals surface area contributed by atoms with E-state index in [1.807, 2.05) is 18.2 Å². The summed E-state index contributed by atoms with van der Waals surface area (Å²) in [5.41, 5.74) is 1.83. The summed E-state index contributed by atoms with van der Waals surface area (Å²) in [6.45, 7) is 5.44. The van der Waals surface area contributed by atoms with Crippen molar-refractivity contribution in [3.05, 3.63) is 48.3 Å². The van der Waals surface area contributed by atoms with Gasteiger partial charge in [0.1, 0.15) is 5.69 Å². The zero-order valence-corrected chi connectivity index (χ0v) is 9.30. The van der Waals surface area contributed by atoms with Gasteiger partial charge in [-0.25, -0.2) is 4.63 Å². The Kier molecular flexibility index (Phi) is 3.00. The van der Waals surface area contributed by atoms with Crippen molar-refractivity contribution < 1.29 is 9.42 Å². The Labute approximate surface area is 98.1 Å². The minimum atomic E-state index is -0.365. The largest absolute Gasteiger partial charge is 0.320 e. The van der Waals surface area contributed by atoms with Crippen LogP contribution in [0, 0.1) is 0 Å². The third kappa shape index (κ3) is 2.39. The molecule has 0 aliphatic heterocycles. The number of benzene rings is 1. The maximum Gasteiger partial charge on any atom is 0.280 e. The number of hydrogen-bond donors (Lipinski definition) is 1. The standard InChI is InChI=1S/C12H11N3O2/c1-8(2)10-11(15-17-14-10)12(16)13-9-6-4-3-5-7-9/h3-7H,1H2,2H3,(H,13,16). The van der Waals surface area contributed by atoms with Gasteiger partial charge >= 0.3 is 0 Å². The molecule has 0 radical (unpaired) electrons. The van der Waals surface area contributed by atoms with Gasteiger partial charge in [0.2, 0.25) is 0 Å². The third-order valence-corrected chi connectivity index (χ3v) is 2.14.